The van der Waals surface area contributed by atoms with Crippen molar-refractivity contribution >= 4 is 5.78 Å². The predicted octanol–water partition coefficient (Wildman–Crippen LogP) is 3.06. The van der Waals surface area contributed by atoms with Gasteiger partial charge in [-0.25, -0.2) is 0 Å². The van der Waals surface area contributed by atoms with E-state index >= 15 is 0 Å². The van der Waals surface area contributed by atoms with Crippen LogP contribution in [0.4, 0.5) is 0 Å². The molecule has 0 bridgehead atoms. The minimum atomic E-state index is 0.170. The van der Waals surface area contributed by atoms with Crippen LogP contribution in [-0.4, -0.2) is 12.9 Å². The lowest BCUT2D eigenvalue weighted by Gasteiger charge is -2.19. The van der Waals surface area contributed by atoms with Crippen LogP contribution in [0.1, 0.15) is 34.7 Å². The molecule has 0 aliphatic heterocycles. The van der Waals surface area contributed by atoms with E-state index in [4.69, 9.17) is 4.74 Å². The van der Waals surface area contributed by atoms with Crippen molar-refractivity contribution in [1.29, 1.82) is 0 Å². The van der Waals surface area contributed by atoms with E-state index in [-0.39, 0.29) is 5.78 Å². The van der Waals surface area contributed by atoms with Gasteiger partial charge < -0.3 is 4.74 Å². The van der Waals surface area contributed by atoms with Crippen LogP contribution < -0.4 is 4.74 Å². The summed E-state index contributed by atoms with van der Waals surface area (Å²) in [6.45, 7) is 9.91. The van der Waals surface area contributed by atoms with Crippen molar-refractivity contribution in [2.75, 3.05) is 7.11 Å². The Morgan fingerprint density at radius 1 is 1.00 bits per heavy atom. The number of ketones is 1. The van der Waals surface area contributed by atoms with Gasteiger partial charge in [-0.15, -0.1) is 0 Å². The second kappa shape index (κ2) is 4.69. The number of carbonyl (C=O) groups is 1. The SMILES string of the molecule is COc1c(C)c(C)c(C)c(C)c1CC(C)=O. The van der Waals surface area contributed by atoms with Crippen LogP contribution in [0.15, 0.2) is 0 Å². The Kier molecular flexibility index (Phi) is 3.74. The van der Waals surface area contributed by atoms with E-state index in [2.05, 4.69) is 20.8 Å². The third kappa shape index (κ3) is 2.11. The molecule has 0 aliphatic rings. The van der Waals surface area contributed by atoms with Crippen LogP contribution in [0.3, 0.4) is 0 Å². The predicted molar refractivity (Wildman–Crippen MR) is 66.3 cm³/mol. The summed E-state index contributed by atoms with van der Waals surface area (Å²) in [5, 5.41) is 0. The molecule has 0 atom stereocenters. The van der Waals surface area contributed by atoms with Gasteiger partial charge in [0, 0.05) is 12.0 Å². The maximum absolute atomic E-state index is 11.3. The van der Waals surface area contributed by atoms with Gasteiger partial charge in [0.1, 0.15) is 11.5 Å². The molecule has 16 heavy (non-hydrogen) atoms. The normalized spacial score (nSPS) is 10.4. The highest BCUT2D eigenvalue weighted by atomic mass is 16.5. The molecule has 0 aliphatic carbocycles. The first-order valence-electron chi connectivity index (χ1n) is 5.52. The first-order valence-corrected chi connectivity index (χ1v) is 5.52. The summed E-state index contributed by atoms with van der Waals surface area (Å²) < 4.78 is 5.44. The van der Waals surface area contributed by atoms with Gasteiger partial charge in [-0.1, -0.05) is 0 Å². The highest BCUT2D eigenvalue weighted by Gasteiger charge is 2.16. The molecule has 0 saturated carbocycles. The van der Waals surface area contributed by atoms with E-state index in [0.29, 0.717) is 6.42 Å². The van der Waals surface area contributed by atoms with E-state index in [9.17, 15) is 4.79 Å². The molecule has 1 aromatic carbocycles. The Hall–Kier alpha value is -1.31. The number of Topliss-reactive ketones (excluding diaryl/α,β-unsaturated/α-hetero) is 1. The van der Waals surface area contributed by atoms with E-state index in [1.165, 1.54) is 16.7 Å². The summed E-state index contributed by atoms with van der Waals surface area (Å²) in [6, 6.07) is 0. The van der Waals surface area contributed by atoms with Crippen molar-refractivity contribution in [3.8, 4) is 5.75 Å². The maximum Gasteiger partial charge on any atom is 0.134 e. The fourth-order valence-corrected chi connectivity index (χ4v) is 2.09. The summed E-state index contributed by atoms with van der Waals surface area (Å²) >= 11 is 0. The number of carbonyl (C=O) groups excluding carboxylic acids is 1. The lowest BCUT2D eigenvalue weighted by atomic mass is 9.91. The molecule has 0 radical (unpaired) electrons. The van der Waals surface area contributed by atoms with Gasteiger partial charge in [0.2, 0.25) is 0 Å². The fourth-order valence-electron chi connectivity index (χ4n) is 2.09. The third-order valence-electron chi connectivity index (χ3n) is 3.38. The van der Waals surface area contributed by atoms with Gasteiger partial charge in [-0.05, 0) is 56.9 Å². The van der Waals surface area contributed by atoms with Gasteiger partial charge in [0.05, 0.1) is 7.11 Å². The van der Waals surface area contributed by atoms with Crippen molar-refractivity contribution in [2.45, 2.75) is 41.0 Å². The molecular weight excluding hydrogens is 200 g/mol. The molecular formula is C14H20O2. The Morgan fingerprint density at radius 2 is 1.50 bits per heavy atom. The summed E-state index contributed by atoms with van der Waals surface area (Å²) in [6.07, 6.45) is 0.455. The summed E-state index contributed by atoms with van der Waals surface area (Å²) in [5.41, 5.74) is 5.86. The zero-order valence-electron chi connectivity index (χ0n) is 11.0. The van der Waals surface area contributed by atoms with Crippen molar-refractivity contribution in [3.63, 3.8) is 0 Å². The zero-order valence-corrected chi connectivity index (χ0v) is 11.0. The Labute approximate surface area is 97.6 Å². The Balaban J connectivity index is 3.50. The van der Waals surface area contributed by atoms with E-state index < -0.39 is 0 Å². The van der Waals surface area contributed by atoms with Crippen molar-refractivity contribution in [2.24, 2.45) is 0 Å². The number of methoxy groups -OCH3 is 1. The fraction of sp³-hybridized carbons (Fsp3) is 0.500. The highest BCUT2D eigenvalue weighted by molar-refractivity contribution is 5.80. The number of ether oxygens (including phenoxy) is 1. The molecule has 0 aromatic heterocycles. The number of benzene rings is 1. The summed E-state index contributed by atoms with van der Waals surface area (Å²) in [7, 11) is 1.67. The molecule has 1 rings (SSSR count). The van der Waals surface area contributed by atoms with Crippen LogP contribution >= 0.6 is 0 Å². The minimum Gasteiger partial charge on any atom is -0.496 e. The second-order valence-corrected chi connectivity index (χ2v) is 4.39. The molecule has 1 aromatic rings. The smallest absolute Gasteiger partial charge is 0.134 e. The standard InChI is InChI=1S/C14H20O2/c1-8(15)7-13-11(4)9(2)10(3)12(5)14(13)16-6/h7H2,1-6H3. The van der Waals surface area contributed by atoms with E-state index in [1.807, 2.05) is 6.92 Å². The molecule has 88 valence electrons. The molecule has 0 fully saturated rings. The first kappa shape index (κ1) is 12.8. The second-order valence-electron chi connectivity index (χ2n) is 4.39. The number of rotatable bonds is 3. The molecule has 0 unspecified atom stereocenters. The monoisotopic (exact) mass is 220 g/mol. The Morgan fingerprint density at radius 3 is 1.94 bits per heavy atom. The average molecular weight is 220 g/mol. The molecule has 0 heterocycles. The topological polar surface area (TPSA) is 26.3 Å². The summed E-state index contributed by atoms with van der Waals surface area (Å²) in [4.78, 5) is 11.3. The van der Waals surface area contributed by atoms with Crippen molar-refractivity contribution < 1.29 is 9.53 Å². The van der Waals surface area contributed by atoms with Crippen molar-refractivity contribution in [1.82, 2.24) is 0 Å². The van der Waals surface area contributed by atoms with E-state index in [1.54, 1.807) is 14.0 Å². The number of hydrogen-bond donors (Lipinski definition) is 0. The van der Waals surface area contributed by atoms with Crippen LogP contribution in [-0.2, 0) is 11.2 Å². The zero-order chi connectivity index (χ0) is 12.5. The largest absolute Gasteiger partial charge is 0.496 e. The molecule has 0 spiro atoms. The minimum absolute atomic E-state index is 0.170. The van der Waals surface area contributed by atoms with Gasteiger partial charge in [-0.3, -0.25) is 4.79 Å². The molecule has 2 heteroatoms. The molecule has 0 saturated heterocycles. The summed E-state index contributed by atoms with van der Waals surface area (Å²) in [5.74, 6) is 1.04. The van der Waals surface area contributed by atoms with Crippen molar-refractivity contribution in [3.05, 3.63) is 27.8 Å². The van der Waals surface area contributed by atoms with Crippen LogP contribution in [0, 0.1) is 27.7 Å². The lowest BCUT2D eigenvalue weighted by molar-refractivity contribution is -0.116. The van der Waals surface area contributed by atoms with Gasteiger partial charge in [0.25, 0.3) is 0 Å². The van der Waals surface area contributed by atoms with Gasteiger partial charge >= 0.3 is 0 Å². The average Bonchev–Trinajstić information content (AvgIpc) is 2.23. The molecule has 0 N–H and O–H groups in total. The van der Waals surface area contributed by atoms with E-state index in [0.717, 1.165) is 16.9 Å². The number of hydrogen-bond acceptors (Lipinski definition) is 2. The lowest BCUT2D eigenvalue weighted by Crippen LogP contribution is -2.07. The molecule has 0 amide bonds. The maximum atomic E-state index is 11.3. The van der Waals surface area contributed by atoms with Gasteiger partial charge in [-0.2, -0.15) is 0 Å². The quantitative estimate of drug-likeness (QED) is 0.782. The van der Waals surface area contributed by atoms with Crippen LogP contribution in [0.25, 0.3) is 0 Å². The Bertz CT molecular complexity index is 431. The third-order valence-corrected chi connectivity index (χ3v) is 3.38. The van der Waals surface area contributed by atoms with Gasteiger partial charge in [0.15, 0.2) is 0 Å². The highest BCUT2D eigenvalue weighted by Crippen LogP contribution is 2.32. The van der Waals surface area contributed by atoms with Crippen LogP contribution in [0.2, 0.25) is 0 Å². The molecule has 2 nitrogen and oxygen atoms in total. The van der Waals surface area contributed by atoms with Crippen LogP contribution in [0.5, 0.6) is 5.75 Å². The first-order chi connectivity index (χ1) is 7.40.